The summed E-state index contributed by atoms with van der Waals surface area (Å²) in [6.45, 7) is 21.4. The lowest BCUT2D eigenvalue weighted by Crippen LogP contribution is -2.47. The number of guanidine groups is 2. The molecule has 2 aromatic rings. The van der Waals surface area contributed by atoms with E-state index in [1.54, 1.807) is 83.1 Å². The molecule has 0 saturated heterocycles. The molecular formula is C41H58I2N6O8. The monoisotopic (exact) mass is 1020 g/mol. The summed E-state index contributed by atoms with van der Waals surface area (Å²) in [4.78, 5) is 60.1. The summed E-state index contributed by atoms with van der Waals surface area (Å²) in [7, 11) is 0. The van der Waals surface area contributed by atoms with Crippen LogP contribution in [0.1, 0.15) is 120 Å². The van der Waals surface area contributed by atoms with Gasteiger partial charge in [-0.3, -0.25) is 31.3 Å². The van der Waals surface area contributed by atoms with Gasteiger partial charge in [0, 0.05) is 25.6 Å². The van der Waals surface area contributed by atoms with E-state index in [1.165, 1.54) is 11.1 Å². The molecule has 0 radical (unpaired) electrons. The number of fused-ring (bicyclic) bond motifs is 3. The number of carbonyl (C=O) groups is 4. The summed E-state index contributed by atoms with van der Waals surface area (Å²) >= 11 is 4.66. The first kappa shape index (κ1) is 47.7. The number of aliphatic imine (C=N–C) groups is 2. The molecule has 1 aliphatic rings. The highest BCUT2D eigenvalue weighted by atomic mass is 127. The van der Waals surface area contributed by atoms with Crippen LogP contribution >= 0.6 is 45.2 Å². The summed E-state index contributed by atoms with van der Waals surface area (Å²) in [5.41, 5.74) is 1.10. The van der Waals surface area contributed by atoms with Crippen molar-refractivity contribution in [2.75, 3.05) is 13.1 Å². The summed E-state index contributed by atoms with van der Waals surface area (Å²) in [5, 5.41) is 10.2. The molecule has 0 atom stereocenters. The van der Waals surface area contributed by atoms with Gasteiger partial charge in [0.2, 0.25) is 11.9 Å². The first-order chi connectivity index (χ1) is 26.1. The number of halogens is 2. The minimum atomic E-state index is -0.770. The number of hydrogen-bond acceptors (Lipinski definition) is 10. The lowest BCUT2D eigenvalue weighted by Gasteiger charge is -2.32. The lowest BCUT2D eigenvalue weighted by atomic mass is 9.71. The van der Waals surface area contributed by atoms with E-state index in [1.807, 2.05) is 0 Å². The van der Waals surface area contributed by atoms with Crippen LogP contribution in [-0.4, -0.2) is 71.8 Å². The van der Waals surface area contributed by atoms with E-state index in [9.17, 15) is 19.2 Å². The molecule has 14 nitrogen and oxygen atoms in total. The third kappa shape index (κ3) is 16.2. The molecule has 0 heterocycles. The van der Waals surface area contributed by atoms with Crippen molar-refractivity contribution in [3.05, 3.63) is 54.7 Å². The van der Waals surface area contributed by atoms with Crippen LogP contribution < -0.4 is 21.3 Å². The van der Waals surface area contributed by atoms with Gasteiger partial charge in [-0.15, -0.1) is 0 Å². The van der Waals surface area contributed by atoms with E-state index < -0.39 is 52.2 Å². The number of nitrogens with one attached hydrogen (secondary N) is 4. The van der Waals surface area contributed by atoms with Gasteiger partial charge in [-0.05, 0) is 200 Å². The zero-order valence-corrected chi connectivity index (χ0v) is 39.4. The fourth-order valence-corrected chi connectivity index (χ4v) is 7.05. The SMILES string of the molecule is CC(C)(C)OC(=O)NC(=NCCCC1(CCCN=C(NC(=O)OC(C)(C)C)NC(=O)OC(C)(C)C)c2cc(I)ccc2-c2ccc(I)cc21)NC(=O)OC(C)(C)C. The van der Waals surface area contributed by atoms with Gasteiger partial charge in [0.15, 0.2) is 0 Å². The Kier molecular flexibility index (Phi) is 16.2. The second kappa shape index (κ2) is 19.4. The van der Waals surface area contributed by atoms with Gasteiger partial charge >= 0.3 is 24.4 Å². The van der Waals surface area contributed by atoms with Gasteiger partial charge in [0.05, 0.1) is 0 Å². The van der Waals surface area contributed by atoms with Crippen LogP contribution in [0.5, 0.6) is 0 Å². The van der Waals surface area contributed by atoms with E-state index in [2.05, 4.69) is 113 Å². The molecule has 0 bridgehead atoms. The highest BCUT2D eigenvalue weighted by Gasteiger charge is 2.42. The third-order valence-corrected chi connectivity index (χ3v) is 9.17. The van der Waals surface area contributed by atoms with Gasteiger partial charge in [-0.25, -0.2) is 19.2 Å². The Hall–Kier alpha value is -3.68. The van der Waals surface area contributed by atoms with E-state index >= 15 is 0 Å². The number of amides is 4. The van der Waals surface area contributed by atoms with E-state index in [0.29, 0.717) is 25.7 Å². The van der Waals surface area contributed by atoms with Crippen molar-refractivity contribution >= 4 is 81.5 Å². The maximum atomic E-state index is 12.7. The van der Waals surface area contributed by atoms with E-state index in [4.69, 9.17) is 18.9 Å². The smallest absolute Gasteiger partial charge is 0.414 e. The summed E-state index contributed by atoms with van der Waals surface area (Å²) in [6, 6.07) is 12.9. The maximum Gasteiger partial charge on any atom is 0.414 e. The first-order valence-corrected chi connectivity index (χ1v) is 21.0. The fraction of sp³-hybridized carbons (Fsp3) is 0.561. The summed E-state index contributed by atoms with van der Waals surface area (Å²) < 4.78 is 23.8. The predicted molar refractivity (Wildman–Crippen MR) is 239 cm³/mol. The van der Waals surface area contributed by atoms with Gasteiger partial charge in [-0.1, -0.05) is 12.1 Å². The highest BCUT2D eigenvalue weighted by molar-refractivity contribution is 14.1. The largest absolute Gasteiger partial charge is 0.444 e. The van der Waals surface area contributed by atoms with E-state index in [0.717, 1.165) is 18.3 Å². The molecule has 0 aromatic heterocycles. The van der Waals surface area contributed by atoms with Crippen LogP contribution in [0.3, 0.4) is 0 Å². The number of rotatable bonds is 8. The minimum Gasteiger partial charge on any atom is -0.444 e. The number of carbonyl (C=O) groups excluding carboxylic acids is 4. The number of benzene rings is 2. The quantitative estimate of drug-likeness (QED) is 0.0664. The van der Waals surface area contributed by atoms with Crippen molar-refractivity contribution in [2.24, 2.45) is 9.98 Å². The topological polar surface area (TPSA) is 178 Å². The Bertz CT molecular complexity index is 1660. The number of ether oxygens (including phenoxy) is 4. The predicted octanol–water partition coefficient (Wildman–Crippen LogP) is 9.53. The lowest BCUT2D eigenvalue weighted by molar-refractivity contribution is 0.0521. The molecule has 0 fully saturated rings. The van der Waals surface area contributed by atoms with Gasteiger partial charge in [-0.2, -0.15) is 0 Å². The van der Waals surface area contributed by atoms with Gasteiger partial charge in [0.1, 0.15) is 22.4 Å². The molecule has 57 heavy (non-hydrogen) atoms. The standard InChI is InChI=1S/C41H58I2N6O8/c1-37(2,3)54-33(50)46-31(47-34(51)55-38(4,5)6)44-21-13-19-41(29-23-25(42)15-17-27(29)28-18-16-26(43)24-30(28)41)20-14-22-45-32(48-35(52)56-39(7,8)9)49-36(53)57-40(10,11)12/h15-18,23-24H,13-14,19-22H2,1-12H3,(H2,44,46,47,50,51)(H2,45,48,49,52,53). The van der Waals surface area contributed by atoms with Crippen LogP contribution in [0.25, 0.3) is 11.1 Å². The Morgan fingerprint density at radius 3 is 1.07 bits per heavy atom. The van der Waals surface area contributed by atoms with Crippen LogP contribution in [0.4, 0.5) is 19.2 Å². The second-order valence-electron chi connectivity index (χ2n) is 17.6. The summed E-state index contributed by atoms with van der Waals surface area (Å²) in [6.07, 6.45) is -0.604. The molecule has 16 heteroatoms. The van der Waals surface area contributed by atoms with Crippen molar-refractivity contribution in [2.45, 2.75) is 137 Å². The Balaban J connectivity index is 1.96. The summed E-state index contributed by atoms with van der Waals surface area (Å²) in [5.74, 6) is -0.165. The average Bonchev–Trinajstić information content (AvgIpc) is 3.25. The van der Waals surface area contributed by atoms with Crippen molar-refractivity contribution < 1.29 is 38.1 Å². The number of hydrogen-bond donors (Lipinski definition) is 4. The van der Waals surface area contributed by atoms with Crippen molar-refractivity contribution in [3.8, 4) is 11.1 Å². The molecule has 1 aliphatic carbocycles. The van der Waals surface area contributed by atoms with Gasteiger partial charge < -0.3 is 18.9 Å². The molecule has 0 saturated carbocycles. The zero-order valence-electron chi connectivity index (χ0n) is 35.1. The Morgan fingerprint density at radius 1 is 0.526 bits per heavy atom. The Morgan fingerprint density at radius 2 is 0.807 bits per heavy atom. The minimum absolute atomic E-state index is 0.0827. The number of nitrogens with zero attached hydrogens (tertiary/aromatic N) is 2. The van der Waals surface area contributed by atoms with Crippen LogP contribution in [-0.2, 0) is 24.4 Å². The molecule has 2 aromatic carbocycles. The van der Waals surface area contributed by atoms with E-state index in [-0.39, 0.29) is 25.0 Å². The van der Waals surface area contributed by atoms with Crippen LogP contribution in [0.2, 0.25) is 0 Å². The maximum absolute atomic E-state index is 12.7. The normalized spacial score (nSPS) is 13.2. The second-order valence-corrected chi connectivity index (χ2v) is 20.1. The third-order valence-electron chi connectivity index (χ3n) is 7.83. The molecular weight excluding hydrogens is 958 g/mol. The molecule has 0 spiro atoms. The average molecular weight is 1020 g/mol. The molecule has 314 valence electrons. The van der Waals surface area contributed by atoms with Gasteiger partial charge in [0.25, 0.3) is 0 Å². The van der Waals surface area contributed by atoms with Crippen molar-refractivity contribution in [3.63, 3.8) is 0 Å². The van der Waals surface area contributed by atoms with Crippen LogP contribution in [0.15, 0.2) is 46.4 Å². The zero-order chi connectivity index (χ0) is 43.0. The molecule has 4 N–H and O–H groups in total. The highest BCUT2D eigenvalue weighted by Crippen LogP contribution is 2.54. The number of alkyl carbamates (subject to hydrolysis) is 4. The molecule has 0 unspecified atom stereocenters. The Labute approximate surface area is 364 Å². The molecule has 0 aliphatic heterocycles. The fourth-order valence-electron chi connectivity index (χ4n) is 6.07. The van der Waals surface area contributed by atoms with Crippen molar-refractivity contribution in [1.82, 2.24) is 21.3 Å². The molecule has 3 rings (SSSR count). The molecule has 4 amide bonds. The first-order valence-electron chi connectivity index (χ1n) is 18.8. The van der Waals surface area contributed by atoms with Crippen molar-refractivity contribution in [1.29, 1.82) is 0 Å². The van der Waals surface area contributed by atoms with Crippen LogP contribution in [0, 0.1) is 7.14 Å².